The maximum Gasteiger partial charge on any atom is 0.153 e. The van der Waals surface area contributed by atoms with Crippen LogP contribution < -0.4 is 0 Å². The number of nitrogens with one attached hydrogen (secondary N) is 1. The van der Waals surface area contributed by atoms with Crippen molar-refractivity contribution in [2.75, 3.05) is 0 Å². The third-order valence-electron chi connectivity index (χ3n) is 5.21. The SMILES string of the molecule is C1CCC(c2n[nH]c(C3C4CCCC43)n2)CC1. The molecule has 17 heavy (non-hydrogen) atoms. The average Bonchev–Trinajstić information content (AvgIpc) is 2.81. The number of hydrogen-bond acceptors (Lipinski definition) is 2. The number of nitrogens with zero attached hydrogens (tertiary/aromatic N) is 2. The molecule has 1 aromatic rings. The lowest BCUT2D eigenvalue weighted by Gasteiger charge is -2.18. The van der Waals surface area contributed by atoms with E-state index >= 15 is 0 Å². The summed E-state index contributed by atoms with van der Waals surface area (Å²) in [5, 5.41) is 7.72. The van der Waals surface area contributed by atoms with Gasteiger partial charge in [-0.1, -0.05) is 25.7 Å². The van der Waals surface area contributed by atoms with Crippen molar-refractivity contribution in [1.82, 2.24) is 15.2 Å². The lowest BCUT2D eigenvalue weighted by atomic mass is 9.89. The summed E-state index contributed by atoms with van der Waals surface area (Å²) < 4.78 is 0. The Hall–Kier alpha value is -0.860. The second-order valence-corrected chi connectivity index (χ2v) is 6.20. The topological polar surface area (TPSA) is 41.6 Å². The van der Waals surface area contributed by atoms with E-state index in [0.717, 1.165) is 23.6 Å². The van der Waals surface area contributed by atoms with Gasteiger partial charge in [-0.3, -0.25) is 5.10 Å². The van der Waals surface area contributed by atoms with Crippen molar-refractivity contribution in [3.05, 3.63) is 11.6 Å². The fourth-order valence-electron chi connectivity index (χ4n) is 4.21. The molecule has 0 aliphatic heterocycles. The van der Waals surface area contributed by atoms with Gasteiger partial charge in [-0.2, -0.15) is 5.10 Å². The van der Waals surface area contributed by atoms with Gasteiger partial charge in [-0.25, -0.2) is 4.98 Å². The van der Waals surface area contributed by atoms with Crippen molar-refractivity contribution < 1.29 is 0 Å². The fraction of sp³-hybridized carbons (Fsp3) is 0.857. The first kappa shape index (κ1) is 10.1. The van der Waals surface area contributed by atoms with E-state index in [0.29, 0.717) is 5.92 Å². The van der Waals surface area contributed by atoms with Gasteiger partial charge in [0.05, 0.1) is 0 Å². The summed E-state index contributed by atoms with van der Waals surface area (Å²) in [6.07, 6.45) is 11.0. The molecule has 3 nitrogen and oxygen atoms in total. The number of aromatic amines is 1. The molecule has 2 atom stereocenters. The molecular weight excluding hydrogens is 210 g/mol. The van der Waals surface area contributed by atoms with E-state index in [4.69, 9.17) is 4.98 Å². The summed E-state index contributed by atoms with van der Waals surface area (Å²) in [6, 6.07) is 0. The molecule has 92 valence electrons. The highest BCUT2D eigenvalue weighted by Gasteiger charge is 2.54. The monoisotopic (exact) mass is 231 g/mol. The number of H-pyrrole nitrogens is 1. The highest BCUT2D eigenvalue weighted by Crippen LogP contribution is 2.62. The van der Waals surface area contributed by atoms with E-state index in [1.807, 2.05) is 0 Å². The Morgan fingerprint density at radius 2 is 1.65 bits per heavy atom. The van der Waals surface area contributed by atoms with E-state index in [9.17, 15) is 0 Å². The number of aromatic nitrogens is 3. The van der Waals surface area contributed by atoms with Crippen LogP contribution in [0.3, 0.4) is 0 Å². The largest absolute Gasteiger partial charge is 0.263 e. The molecule has 2 unspecified atom stereocenters. The zero-order valence-corrected chi connectivity index (χ0v) is 10.4. The molecule has 1 heterocycles. The number of rotatable bonds is 2. The van der Waals surface area contributed by atoms with Gasteiger partial charge in [0.2, 0.25) is 0 Å². The van der Waals surface area contributed by atoms with Gasteiger partial charge in [0.15, 0.2) is 5.82 Å². The minimum atomic E-state index is 0.646. The summed E-state index contributed by atoms with van der Waals surface area (Å²) in [7, 11) is 0. The lowest BCUT2D eigenvalue weighted by Crippen LogP contribution is -2.06. The van der Waals surface area contributed by atoms with Crippen molar-refractivity contribution in [2.24, 2.45) is 11.8 Å². The molecular formula is C14H21N3. The molecule has 3 saturated carbocycles. The van der Waals surface area contributed by atoms with Crippen molar-refractivity contribution in [3.63, 3.8) is 0 Å². The molecule has 4 rings (SSSR count). The molecule has 1 N–H and O–H groups in total. The smallest absolute Gasteiger partial charge is 0.153 e. The van der Waals surface area contributed by atoms with Crippen LogP contribution in [-0.2, 0) is 0 Å². The van der Waals surface area contributed by atoms with Gasteiger partial charge in [0, 0.05) is 11.8 Å². The van der Waals surface area contributed by atoms with Crippen LogP contribution in [0.2, 0.25) is 0 Å². The van der Waals surface area contributed by atoms with Gasteiger partial charge < -0.3 is 0 Å². The van der Waals surface area contributed by atoms with Crippen LogP contribution in [0.15, 0.2) is 0 Å². The molecule has 3 aliphatic carbocycles. The Morgan fingerprint density at radius 3 is 2.41 bits per heavy atom. The molecule has 3 fully saturated rings. The maximum atomic E-state index is 4.81. The van der Waals surface area contributed by atoms with Crippen LogP contribution in [0.1, 0.15) is 74.9 Å². The summed E-state index contributed by atoms with van der Waals surface area (Å²) in [5.41, 5.74) is 0. The fourth-order valence-corrected chi connectivity index (χ4v) is 4.21. The van der Waals surface area contributed by atoms with Crippen LogP contribution in [0.5, 0.6) is 0 Å². The van der Waals surface area contributed by atoms with Crippen LogP contribution in [0.4, 0.5) is 0 Å². The Balaban J connectivity index is 1.49. The minimum Gasteiger partial charge on any atom is -0.263 e. The standard InChI is InChI=1S/C14H21N3/c1-2-5-9(6-3-1)13-15-14(17-16-13)12-10-7-4-8-11(10)12/h9-12H,1-8H2,(H,15,16,17). The normalized spacial score (nSPS) is 37.1. The van der Waals surface area contributed by atoms with Crippen molar-refractivity contribution in [2.45, 2.75) is 63.2 Å². The summed E-state index contributed by atoms with van der Waals surface area (Å²) in [6.45, 7) is 0. The molecule has 0 amide bonds. The first-order chi connectivity index (χ1) is 8.43. The van der Waals surface area contributed by atoms with Crippen LogP contribution >= 0.6 is 0 Å². The molecule has 3 heteroatoms. The average molecular weight is 231 g/mol. The Bertz CT molecular complexity index is 379. The van der Waals surface area contributed by atoms with E-state index in [2.05, 4.69) is 10.2 Å². The van der Waals surface area contributed by atoms with E-state index in [-0.39, 0.29) is 0 Å². The highest BCUT2D eigenvalue weighted by atomic mass is 15.2. The quantitative estimate of drug-likeness (QED) is 0.848. The van der Waals surface area contributed by atoms with Gasteiger partial charge in [0.25, 0.3) is 0 Å². The Labute approximate surface area is 102 Å². The molecule has 0 radical (unpaired) electrons. The van der Waals surface area contributed by atoms with Gasteiger partial charge in [-0.05, 0) is 37.5 Å². The number of fused-ring (bicyclic) bond motifs is 1. The van der Waals surface area contributed by atoms with Crippen LogP contribution in [-0.4, -0.2) is 15.2 Å². The molecule has 3 aliphatic rings. The Morgan fingerprint density at radius 1 is 0.882 bits per heavy atom. The minimum absolute atomic E-state index is 0.646. The summed E-state index contributed by atoms with van der Waals surface area (Å²) >= 11 is 0. The zero-order chi connectivity index (χ0) is 11.2. The van der Waals surface area contributed by atoms with E-state index < -0.39 is 0 Å². The molecule has 0 bridgehead atoms. The number of hydrogen-bond donors (Lipinski definition) is 1. The second kappa shape index (κ2) is 3.82. The van der Waals surface area contributed by atoms with E-state index in [1.54, 1.807) is 0 Å². The van der Waals surface area contributed by atoms with E-state index in [1.165, 1.54) is 57.2 Å². The first-order valence-corrected chi connectivity index (χ1v) is 7.35. The molecule has 0 saturated heterocycles. The molecule has 1 aromatic heterocycles. The zero-order valence-electron chi connectivity index (χ0n) is 10.4. The predicted molar refractivity (Wildman–Crippen MR) is 65.8 cm³/mol. The van der Waals surface area contributed by atoms with Crippen molar-refractivity contribution in [1.29, 1.82) is 0 Å². The van der Waals surface area contributed by atoms with Gasteiger partial charge in [0.1, 0.15) is 5.82 Å². The maximum absolute atomic E-state index is 4.81. The second-order valence-electron chi connectivity index (χ2n) is 6.20. The summed E-state index contributed by atoms with van der Waals surface area (Å²) in [4.78, 5) is 4.81. The first-order valence-electron chi connectivity index (χ1n) is 7.35. The molecule has 0 aromatic carbocycles. The van der Waals surface area contributed by atoms with Gasteiger partial charge >= 0.3 is 0 Å². The third-order valence-corrected chi connectivity index (χ3v) is 5.21. The van der Waals surface area contributed by atoms with Crippen molar-refractivity contribution in [3.8, 4) is 0 Å². The van der Waals surface area contributed by atoms with Crippen LogP contribution in [0, 0.1) is 11.8 Å². The van der Waals surface area contributed by atoms with Gasteiger partial charge in [-0.15, -0.1) is 0 Å². The lowest BCUT2D eigenvalue weighted by molar-refractivity contribution is 0.429. The highest BCUT2D eigenvalue weighted by molar-refractivity contribution is 5.18. The van der Waals surface area contributed by atoms with Crippen LogP contribution in [0.25, 0.3) is 0 Å². The van der Waals surface area contributed by atoms with Crippen molar-refractivity contribution >= 4 is 0 Å². The summed E-state index contributed by atoms with van der Waals surface area (Å²) in [5.74, 6) is 5.61. The third kappa shape index (κ3) is 1.62. The Kier molecular flexibility index (Phi) is 2.27. The molecule has 0 spiro atoms. The predicted octanol–water partition coefficient (Wildman–Crippen LogP) is 3.37.